The maximum Gasteiger partial charge on any atom is 0.414 e. The van der Waals surface area contributed by atoms with Crippen LogP contribution in [0, 0.1) is 15.9 Å². The molecule has 2 aliphatic rings. The second-order valence-corrected chi connectivity index (χ2v) is 6.25. The Morgan fingerprint density at radius 2 is 2.00 bits per heavy atom. The summed E-state index contributed by atoms with van der Waals surface area (Å²) in [6, 6.07) is 9.42. The summed E-state index contributed by atoms with van der Waals surface area (Å²) in [5.74, 6) is -0.609. The minimum absolute atomic E-state index is 0.265. The van der Waals surface area contributed by atoms with Crippen molar-refractivity contribution in [3.8, 4) is 0 Å². The van der Waals surface area contributed by atoms with Gasteiger partial charge in [-0.15, -0.1) is 0 Å². The maximum atomic E-state index is 14.3. The number of anilines is 2. The molecule has 2 aromatic carbocycles. The SMILES string of the molecule is O=C1OCCN1c1cccc2c1CCN(c1ccc([N+](=O)[O-])cc1F)C2. The van der Waals surface area contributed by atoms with Crippen LogP contribution < -0.4 is 9.80 Å². The summed E-state index contributed by atoms with van der Waals surface area (Å²) < 4.78 is 19.4. The van der Waals surface area contributed by atoms with Crippen molar-refractivity contribution in [2.75, 3.05) is 29.5 Å². The normalized spacial score (nSPS) is 16.4. The molecule has 0 spiro atoms. The van der Waals surface area contributed by atoms with Crippen molar-refractivity contribution in [1.82, 2.24) is 0 Å². The van der Waals surface area contributed by atoms with Crippen molar-refractivity contribution >= 4 is 23.2 Å². The van der Waals surface area contributed by atoms with Crippen LogP contribution >= 0.6 is 0 Å². The van der Waals surface area contributed by atoms with E-state index in [9.17, 15) is 19.3 Å². The van der Waals surface area contributed by atoms with Crippen LogP contribution in [-0.2, 0) is 17.7 Å². The fourth-order valence-corrected chi connectivity index (χ4v) is 3.53. The Kier molecular flexibility index (Phi) is 3.95. The van der Waals surface area contributed by atoms with Crippen molar-refractivity contribution in [3.05, 3.63) is 63.5 Å². The molecule has 0 atom stereocenters. The molecule has 2 aromatic rings. The first-order valence-electron chi connectivity index (χ1n) is 8.28. The minimum atomic E-state index is -0.611. The zero-order chi connectivity index (χ0) is 18.3. The van der Waals surface area contributed by atoms with E-state index in [4.69, 9.17) is 4.74 Å². The van der Waals surface area contributed by atoms with Gasteiger partial charge in [0.25, 0.3) is 5.69 Å². The predicted octanol–water partition coefficient (Wildman–Crippen LogP) is 3.25. The fraction of sp³-hybridized carbons (Fsp3) is 0.278. The second kappa shape index (κ2) is 6.29. The largest absolute Gasteiger partial charge is 0.447 e. The van der Waals surface area contributed by atoms with Gasteiger partial charge in [0.1, 0.15) is 6.61 Å². The number of ether oxygens (including phenoxy) is 1. The van der Waals surface area contributed by atoms with Crippen LogP contribution in [-0.4, -0.2) is 30.7 Å². The fourth-order valence-electron chi connectivity index (χ4n) is 3.53. The Morgan fingerprint density at radius 1 is 1.15 bits per heavy atom. The average Bonchev–Trinajstić information content (AvgIpc) is 3.06. The molecule has 0 aliphatic carbocycles. The highest BCUT2D eigenvalue weighted by atomic mass is 19.1. The Labute approximate surface area is 148 Å². The molecule has 7 nitrogen and oxygen atoms in total. The van der Waals surface area contributed by atoms with Crippen molar-refractivity contribution in [1.29, 1.82) is 0 Å². The third-order valence-electron chi connectivity index (χ3n) is 4.78. The van der Waals surface area contributed by atoms with Gasteiger partial charge in [0, 0.05) is 19.2 Å². The number of halogens is 1. The van der Waals surface area contributed by atoms with Gasteiger partial charge in [0.2, 0.25) is 0 Å². The number of carbonyl (C=O) groups is 1. The van der Waals surface area contributed by atoms with E-state index in [1.165, 1.54) is 12.1 Å². The average molecular weight is 357 g/mol. The first-order valence-corrected chi connectivity index (χ1v) is 8.28. The lowest BCUT2D eigenvalue weighted by molar-refractivity contribution is -0.385. The predicted molar refractivity (Wildman–Crippen MR) is 92.9 cm³/mol. The summed E-state index contributed by atoms with van der Waals surface area (Å²) in [6.45, 7) is 1.93. The van der Waals surface area contributed by atoms with Gasteiger partial charge < -0.3 is 9.64 Å². The summed E-state index contributed by atoms with van der Waals surface area (Å²) in [5.41, 5.74) is 2.98. The molecule has 26 heavy (non-hydrogen) atoms. The molecule has 0 N–H and O–H groups in total. The highest BCUT2D eigenvalue weighted by Gasteiger charge is 2.29. The number of nitro benzene ring substituents is 1. The van der Waals surface area contributed by atoms with E-state index in [1.54, 1.807) is 4.90 Å². The number of nitro groups is 1. The highest BCUT2D eigenvalue weighted by Crippen LogP contribution is 2.34. The summed E-state index contributed by atoms with van der Waals surface area (Å²) in [7, 11) is 0. The minimum Gasteiger partial charge on any atom is -0.447 e. The van der Waals surface area contributed by atoms with Crippen LogP contribution in [0.5, 0.6) is 0 Å². The molecule has 2 aliphatic heterocycles. The van der Waals surface area contributed by atoms with Crippen LogP contribution in [0.1, 0.15) is 11.1 Å². The number of fused-ring (bicyclic) bond motifs is 1. The first kappa shape index (κ1) is 16.3. The van der Waals surface area contributed by atoms with Gasteiger partial charge in [-0.05, 0) is 29.7 Å². The molecule has 1 saturated heterocycles. The number of hydrogen-bond acceptors (Lipinski definition) is 5. The molecule has 4 rings (SSSR count). The topological polar surface area (TPSA) is 75.9 Å². The van der Waals surface area contributed by atoms with Crippen LogP contribution in [0.2, 0.25) is 0 Å². The van der Waals surface area contributed by atoms with E-state index in [-0.39, 0.29) is 11.8 Å². The van der Waals surface area contributed by atoms with Crippen LogP contribution in [0.4, 0.5) is 26.2 Å². The van der Waals surface area contributed by atoms with Crippen LogP contribution in [0.25, 0.3) is 0 Å². The van der Waals surface area contributed by atoms with Crippen molar-refractivity contribution < 1.29 is 18.8 Å². The van der Waals surface area contributed by atoms with E-state index in [0.717, 1.165) is 22.9 Å². The molecule has 0 radical (unpaired) electrons. The molecular formula is C18H16FN3O4. The summed E-state index contributed by atoms with van der Waals surface area (Å²) in [6.07, 6.45) is 0.299. The number of hydrogen-bond donors (Lipinski definition) is 0. The zero-order valence-corrected chi connectivity index (χ0v) is 13.9. The molecule has 2 heterocycles. The summed E-state index contributed by atoms with van der Waals surface area (Å²) in [5, 5.41) is 10.8. The summed E-state index contributed by atoms with van der Waals surface area (Å²) >= 11 is 0. The molecule has 0 bridgehead atoms. The van der Waals surface area contributed by atoms with Gasteiger partial charge in [-0.2, -0.15) is 0 Å². The molecule has 0 unspecified atom stereocenters. The van der Waals surface area contributed by atoms with E-state index in [0.29, 0.717) is 38.3 Å². The monoisotopic (exact) mass is 357 g/mol. The van der Waals surface area contributed by atoms with Gasteiger partial charge in [-0.3, -0.25) is 15.0 Å². The number of rotatable bonds is 3. The number of benzene rings is 2. The summed E-state index contributed by atoms with van der Waals surface area (Å²) in [4.78, 5) is 25.5. The van der Waals surface area contributed by atoms with Crippen LogP contribution in [0.15, 0.2) is 36.4 Å². The molecule has 134 valence electrons. The lowest BCUT2D eigenvalue weighted by Gasteiger charge is -2.33. The van der Waals surface area contributed by atoms with Gasteiger partial charge in [0.05, 0.1) is 28.9 Å². The van der Waals surface area contributed by atoms with E-state index in [1.807, 2.05) is 23.1 Å². The number of nitrogens with zero attached hydrogens (tertiary/aromatic N) is 3. The lowest BCUT2D eigenvalue weighted by atomic mass is 9.96. The molecular weight excluding hydrogens is 341 g/mol. The first-order chi connectivity index (χ1) is 12.5. The quantitative estimate of drug-likeness (QED) is 0.623. The van der Waals surface area contributed by atoms with Gasteiger partial charge in [0.15, 0.2) is 5.82 Å². The molecule has 1 amide bonds. The Balaban J connectivity index is 1.63. The smallest absolute Gasteiger partial charge is 0.414 e. The standard InChI is InChI=1S/C18H16FN3O4/c19-15-10-13(22(24)25)4-5-17(15)20-7-6-14-12(11-20)2-1-3-16(14)21-8-9-26-18(21)23/h1-5,10H,6-9,11H2. The maximum absolute atomic E-state index is 14.3. The number of non-ortho nitro benzene ring substituents is 1. The van der Waals surface area contributed by atoms with E-state index >= 15 is 0 Å². The van der Waals surface area contributed by atoms with Crippen molar-refractivity contribution in [2.45, 2.75) is 13.0 Å². The third-order valence-corrected chi connectivity index (χ3v) is 4.78. The van der Waals surface area contributed by atoms with Crippen molar-refractivity contribution in [3.63, 3.8) is 0 Å². The Hall–Kier alpha value is -3.16. The molecule has 0 aromatic heterocycles. The van der Waals surface area contributed by atoms with Gasteiger partial charge in [-0.1, -0.05) is 12.1 Å². The Morgan fingerprint density at radius 3 is 2.69 bits per heavy atom. The van der Waals surface area contributed by atoms with E-state index < -0.39 is 10.7 Å². The zero-order valence-electron chi connectivity index (χ0n) is 13.9. The molecule has 0 saturated carbocycles. The highest BCUT2D eigenvalue weighted by molar-refractivity contribution is 5.90. The number of cyclic esters (lactones) is 1. The Bertz CT molecular complexity index is 902. The van der Waals surface area contributed by atoms with Crippen LogP contribution in [0.3, 0.4) is 0 Å². The molecule has 1 fully saturated rings. The van der Waals surface area contributed by atoms with Crippen molar-refractivity contribution in [2.24, 2.45) is 0 Å². The molecule has 8 heteroatoms. The second-order valence-electron chi connectivity index (χ2n) is 6.25. The number of amides is 1. The van der Waals surface area contributed by atoms with E-state index in [2.05, 4.69) is 0 Å². The lowest BCUT2D eigenvalue weighted by Crippen LogP contribution is -2.33. The third kappa shape index (κ3) is 2.73. The number of carbonyl (C=O) groups excluding carboxylic acids is 1. The van der Waals surface area contributed by atoms with Gasteiger partial charge in [-0.25, -0.2) is 9.18 Å². The van der Waals surface area contributed by atoms with Gasteiger partial charge >= 0.3 is 6.09 Å².